The molecule has 0 saturated carbocycles. The maximum Gasteiger partial charge on any atom is 0.414 e. The molecule has 2 aromatic rings. The van der Waals surface area contributed by atoms with Gasteiger partial charge in [0.05, 0.1) is 18.4 Å². The van der Waals surface area contributed by atoms with Gasteiger partial charge < -0.3 is 10.1 Å². The van der Waals surface area contributed by atoms with Crippen molar-refractivity contribution in [2.24, 2.45) is 0 Å². The quantitative estimate of drug-likeness (QED) is 0.882. The third-order valence-electron chi connectivity index (χ3n) is 2.23. The number of thiazole rings is 1. The predicted octanol–water partition coefficient (Wildman–Crippen LogP) is 2.37. The smallest absolute Gasteiger partial charge is 0.397 e. The number of pyridine rings is 1. The number of carbonyl (C=O) groups excluding carboxylic acids is 1. The second-order valence-corrected chi connectivity index (χ2v) is 4.69. The zero-order valence-electron chi connectivity index (χ0n) is 10.5. The Morgan fingerprint density at radius 1 is 1.60 bits per heavy atom. The molecule has 0 bridgehead atoms. The normalized spacial score (nSPS) is 9.85. The van der Waals surface area contributed by atoms with Crippen molar-refractivity contribution in [2.75, 3.05) is 6.54 Å². The third kappa shape index (κ3) is 3.30. The lowest BCUT2D eigenvalue weighted by Crippen LogP contribution is -2.26. The molecule has 0 unspecified atom stereocenters. The molecule has 0 aliphatic carbocycles. The molecule has 2 heterocycles. The fourth-order valence-electron chi connectivity index (χ4n) is 1.37. The van der Waals surface area contributed by atoms with Crippen molar-refractivity contribution in [3.05, 3.63) is 30.0 Å². The fraction of sp³-hybridized carbons (Fsp3) is 0.154. The van der Waals surface area contributed by atoms with Gasteiger partial charge in [-0.05, 0) is 13.0 Å². The van der Waals surface area contributed by atoms with E-state index in [1.54, 1.807) is 6.92 Å². The third-order valence-corrected chi connectivity index (χ3v) is 3.31. The summed E-state index contributed by atoms with van der Waals surface area (Å²) in [6, 6.07) is 1.31. The number of hydrogen-bond acceptors (Lipinski definition) is 5. The number of halogens is 1. The van der Waals surface area contributed by atoms with Crippen LogP contribution in [0.4, 0.5) is 9.18 Å². The summed E-state index contributed by atoms with van der Waals surface area (Å²) >= 11 is 1.13. The summed E-state index contributed by atoms with van der Waals surface area (Å²) in [4.78, 5) is 19.4. The van der Waals surface area contributed by atoms with Gasteiger partial charge in [-0.1, -0.05) is 17.3 Å². The summed E-state index contributed by atoms with van der Waals surface area (Å²) in [5.74, 6) is 1.81. The van der Waals surface area contributed by atoms with Crippen LogP contribution in [0.5, 0.6) is 5.06 Å². The summed E-state index contributed by atoms with van der Waals surface area (Å²) in [5.41, 5.74) is 1.06. The second kappa shape index (κ2) is 6.12. The first-order valence-electron chi connectivity index (χ1n) is 5.57. The van der Waals surface area contributed by atoms with Crippen LogP contribution in [0, 0.1) is 25.1 Å². The summed E-state index contributed by atoms with van der Waals surface area (Å²) in [6.07, 6.45) is 6.96. The van der Waals surface area contributed by atoms with Gasteiger partial charge in [0.25, 0.3) is 0 Å². The molecule has 102 valence electrons. The maximum atomic E-state index is 13.1. The maximum absolute atomic E-state index is 13.1. The minimum Gasteiger partial charge on any atom is -0.397 e. The van der Waals surface area contributed by atoms with E-state index in [-0.39, 0.29) is 6.54 Å². The number of hydrogen-bond donors (Lipinski definition) is 1. The highest BCUT2D eigenvalue weighted by Gasteiger charge is 2.14. The molecule has 0 spiro atoms. The van der Waals surface area contributed by atoms with Gasteiger partial charge in [-0.15, -0.1) is 6.42 Å². The fourth-order valence-corrected chi connectivity index (χ4v) is 2.27. The van der Waals surface area contributed by atoms with Crippen molar-refractivity contribution in [1.29, 1.82) is 0 Å². The minimum atomic E-state index is -0.654. The van der Waals surface area contributed by atoms with E-state index in [2.05, 4.69) is 21.2 Å². The Bertz CT molecular complexity index is 678. The average Bonchev–Trinajstić information content (AvgIpc) is 2.78. The monoisotopic (exact) mass is 291 g/mol. The first-order valence-corrected chi connectivity index (χ1v) is 6.39. The number of nitrogens with zero attached hydrogens (tertiary/aromatic N) is 2. The summed E-state index contributed by atoms with van der Waals surface area (Å²) < 4.78 is 18.2. The minimum absolute atomic E-state index is 0.0807. The molecule has 20 heavy (non-hydrogen) atoms. The number of nitrogens with one attached hydrogen (secondary N) is 1. The van der Waals surface area contributed by atoms with Crippen LogP contribution in [0.15, 0.2) is 18.5 Å². The molecule has 2 aromatic heterocycles. The molecule has 0 aromatic carbocycles. The molecular weight excluding hydrogens is 281 g/mol. The molecule has 0 fully saturated rings. The Balaban J connectivity index is 2.18. The van der Waals surface area contributed by atoms with E-state index in [1.807, 2.05) is 0 Å². The number of amides is 1. The van der Waals surface area contributed by atoms with Crippen LogP contribution in [0.1, 0.15) is 5.69 Å². The standard InChI is InChI=1S/C13H10FN3O2S/c1-3-4-16-13(18)19-12-8(2)17-11(20-12)9-5-10(14)7-15-6-9/h1,5-7H,4H2,2H3,(H,16,18). The first-order chi connectivity index (χ1) is 9.60. The van der Waals surface area contributed by atoms with E-state index in [4.69, 9.17) is 11.2 Å². The summed E-state index contributed by atoms with van der Waals surface area (Å²) in [5, 5.41) is 3.23. The van der Waals surface area contributed by atoms with Crippen molar-refractivity contribution >= 4 is 17.4 Å². The molecule has 1 amide bonds. The summed E-state index contributed by atoms with van der Waals surface area (Å²) in [7, 11) is 0. The zero-order valence-corrected chi connectivity index (χ0v) is 11.3. The lowest BCUT2D eigenvalue weighted by atomic mass is 10.3. The van der Waals surface area contributed by atoms with Crippen LogP contribution in [-0.4, -0.2) is 22.6 Å². The van der Waals surface area contributed by atoms with Crippen LogP contribution >= 0.6 is 11.3 Å². The summed E-state index contributed by atoms with van der Waals surface area (Å²) in [6.45, 7) is 1.77. The Labute approximate surface area is 118 Å². The molecule has 0 aliphatic heterocycles. The van der Waals surface area contributed by atoms with Gasteiger partial charge in [0.2, 0.25) is 5.06 Å². The van der Waals surface area contributed by atoms with Crippen molar-refractivity contribution in [3.8, 4) is 28.0 Å². The second-order valence-electron chi connectivity index (χ2n) is 3.73. The van der Waals surface area contributed by atoms with E-state index in [0.29, 0.717) is 21.3 Å². The topological polar surface area (TPSA) is 64.1 Å². The lowest BCUT2D eigenvalue weighted by molar-refractivity contribution is 0.203. The molecule has 0 aliphatic rings. The van der Waals surface area contributed by atoms with Gasteiger partial charge in [-0.2, -0.15) is 0 Å². The molecule has 5 nitrogen and oxygen atoms in total. The average molecular weight is 291 g/mol. The van der Waals surface area contributed by atoms with Crippen LogP contribution in [0.2, 0.25) is 0 Å². The van der Waals surface area contributed by atoms with Crippen LogP contribution in [0.3, 0.4) is 0 Å². The first kappa shape index (κ1) is 14.0. The molecule has 7 heteroatoms. The number of aryl methyl sites for hydroxylation is 1. The van der Waals surface area contributed by atoms with Gasteiger partial charge in [-0.3, -0.25) is 4.98 Å². The van der Waals surface area contributed by atoms with Crippen LogP contribution in [0.25, 0.3) is 10.6 Å². The van der Waals surface area contributed by atoms with Crippen molar-refractivity contribution in [1.82, 2.24) is 15.3 Å². The van der Waals surface area contributed by atoms with E-state index in [9.17, 15) is 9.18 Å². The van der Waals surface area contributed by atoms with Crippen molar-refractivity contribution < 1.29 is 13.9 Å². The number of aromatic nitrogens is 2. The zero-order chi connectivity index (χ0) is 14.5. The Morgan fingerprint density at radius 3 is 3.10 bits per heavy atom. The van der Waals surface area contributed by atoms with Gasteiger partial charge >= 0.3 is 6.09 Å². The van der Waals surface area contributed by atoms with Gasteiger partial charge in [0.1, 0.15) is 10.8 Å². The number of carbonyl (C=O) groups is 1. The molecule has 0 atom stereocenters. The predicted molar refractivity (Wildman–Crippen MR) is 72.9 cm³/mol. The molecule has 0 saturated heterocycles. The Kier molecular flexibility index (Phi) is 4.27. The Morgan fingerprint density at radius 2 is 2.40 bits per heavy atom. The molecule has 0 radical (unpaired) electrons. The molecule has 2 rings (SSSR count). The largest absolute Gasteiger partial charge is 0.414 e. The lowest BCUT2D eigenvalue weighted by Gasteiger charge is -2.01. The van der Waals surface area contributed by atoms with Gasteiger partial charge in [0.15, 0.2) is 0 Å². The molecule has 1 N–H and O–H groups in total. The highest BCUT2D eigenvalue weighted by molar-refractivity contribution is 7.17. The molecular formula is C13H10FN3O2S. The highest BCUT2D eigenvalue weighted by atomic mass is 32.1. The number of terminal acetylenes is 1. The van der Waals surface area contributed by atoms with Crippen LogP contribution < -0.4 is 10.1 Å². The number of ether oxygens (including phenoxy) is 1. The van der Waals surface area contributed by atoms with E-state index in [1.165, 1.54) is 12.3 Å². The van der Waals surface area contributed by atoms with E-state index < -0.39 is 11.9 Å². The SMILES string of the molecule is C#CCNC(=O)Oc1sc(-c2cncc(F)c2)nc1C. The Hall–Kier alpha value is -2.46. The van der Waals surface area contributed by atoms with Crippen molar-refractivity contribution in [2.45, 2.75) is 6.92 Å². The van der Waals surface area contributed by atoms with Gasteiger partial charge in [-0.25, -0.2) is 14.2 Å². The van der Waals surface area contributed by atoms with Gasteiger partial charge in [0, 0.05) is 11.8 Å². The van der Waals surface area contributed by atoms with Crippen molar-refractivity contribution in [3.63, 3.8) is 0 Å². The van der Waals surface area contributed by atoms with E-state index in [0.717, 1.165) is 17.5 Å². The van der Waals surface area contributed by atoms with E-state index >= 15 is 0 Å². The number of rotatable bonds is 3. The van der Waals surface area contributed by atoms with Crippen LogP contribution in [-0.2, 0) is 0 Å². The highest BCUT2D eigenvalue weighted by Crippen LogP contribution is 2.33.